The van der Waals surface area contributed by atoms with E-state index in [9.17, 15) is 24.8 Å². The molecule has 10 nitrogen and oxygen atoms in total. The number of esters is 1. The maximum Gasteiger partial charge on any atom is 0.325 e. The SMILES string of the molecule is CC(C)N(CC(=O)OCc1ccc([N+](=O)[O-])cc1)C(=O)c1csc(N2CC(O)C2)n1. The molecule has 0 saturated carbocycles. The summed E-state index contributed by atoms with van der Waals surface area (Å²) in [7, 11) is 0. The molecule has 1 fully saturated rings. The molecule has 1 aromatic carbocycles. The number of amides is 1. The molecular formula is C19H22N4O6S. The molecular weight excluding hydrogens is 412 g/mol. The smallest absolute Gasteiger partial charge is 0.325 e. The summed E-state index contributed by atoms with van der Waals surface area (Å²) in [5.74, 6) is -0.961. The Morgan fingerprint density at radius 3 is 2.60 bits per heavy atom. The lowest BCUT2D eigenvalue weighted by Gasteiger charge is -2.35. The van der Waals surface area contributed by atoms with Gasteiger partial charge in [0.15, 0.2) is 5.13 Å². The molecule has 30 heavy (non-hydrogen) atoms. The van der Waals surface area contributed by atoms with Crippen LogP contribution in [-0.4, -0.2) is 63.6 Å². The number of aliphatic hydroxyl groups is 1. The molecule has 160 valence electrons. The molecule has 0 radical (unpaired) electrons. The number of nitrogens with zero attached hydrogens (tertiary/aromatic N) is 4. The second-order valence-electron chi connectivity index (χ2n) is 7.19. The van der Waals surface area contributed by atoms with Crippen molar-refractivity contribution in [3.8, 4) is 0 Å². The highest BCUT2D eigenvalue weighted by Crippen LogP contribution is 2.26. The van der Waals surface area contributed by atoms with Crippen molar-refractivity contribution < 1.29 is 24.4 Å². The van der Waals surface area contributed by atoms with Crippen LogP contribution in [0.25, 0.3) is 0 Å². The van der Waals surface area contributed by atoms with E-state index < -0.39 is 10.9 Å². The van der Waals surface area contributed by atoms with Crippen molar-refractivity contribution in [2.45, 2.75) is 32.6 Å². The van der Waals surface area contributed by atoms with Crippen molar-refractivity contribution in [3.63, 3.8) is 0 Å². The summed E-state index contributed by atoms with van der Waals surface area (Å²) < 4.78 is 5.22. The Kier molecular flexibility index (Phi) is 6.63. The predicted molar refractivity (Wildman–Crippen MR) is 109 cm³/mol. The number of aromatic nitrogens is 1. The van der Waals surface area contributed by atoms with Gasteiger partial charge in [0, 0.05) is 36.6 Å². The van der Waals surface area contributed by atoms with Crippen LogP contribution in [0.15, 0.2) is 29.6 Å². The molecule has 0 atom stereocenters. The number of carbonyl (C=O) groups excluding carboxylic acids is 2. The summed E-state index contributed by atoms with van der Waals surface area (Å²) in [6.07, 6.45) is -0.370. The van der Waals surface area contributed by atoms with E-state index in [4.69, 9.17) is 4.74 Å². The topological polar surface area (TPSA) is 126 Å². The normalized spacial score (nSPS) is 13.8. The fourth-order valence-corrected chi connectivity index (χ4v) is 3.64. The molecule has 3 rings (SSSR count). The minimum atomic E-state index is -0.586. The molecule has 2 heterocycles. The molecule has 1 aliphatic heterocycles. The highest BCUT2D eigenvalue weighted by Gasteiger charge is 2.29. The molecule has 1 aliphatic rings. The Balaban J connectivity index is 1.57. The summed E-state index contributed by atoms with van der Waals surface area (Å²) in [5.41, 5.74) is 0.808. The Labute approximate surface area is 176 Å². The average molecular weight is 434 g/mol. The predicted octanol–water partition coefficient (Wildman–Crippen LogP) is 1.83. The number of hydrogen-bond donors (Lipinski definition) is 1. The van der Waals surface area contributed by atoms with Crippen LogP contribution in [0.5, 0.6) is 0 Å². The Morgan fingerprint density at radius 2 is 2.03 bits per heavy atom. The van der Waals surface area contributed by atoms with E-state index in [1.807, 2.05) is 4.90 Å². The van der Waals surface area contributed by atoms with E-state index in [0.717, 1.165) is 0 Å². The maximum absolute atomic E-state index is 12.8. The maximum atomic E-state index is 12.8. The van der Waals surface area contributed by atoms with Gasteiger partial charge in [-0.15, -0.1) is 11.3 Å². The van der Waals surface area contributed by atoms with Crippen LogP contribution in [0.1, 0.15) is 29.9 Å². The fourth-order valence-electron chi connectivity index (χ4n) is 2.82. The summed E-state index contributed by atoms with van der Waals surface area (Å²) >= 11 is 1.31. The standard InChI is InChI=1S/C19H22N4O6S/c1-12(2)22(18(26)16-11-30-19(20-16)21-7-15(24)8-21)9-17(25)29-10-13-3-5-14(6-4-13)23(27)28/h3-6,11-12,15,24H,7-10H2,1-2H3. The van der Waals surface area contributed by atoms with Crippen LogP contribution in [0.4, 0.5) is 10.8 Å². The van der Waals surface area contributed by atoms with E-state index in [1.54, 1.807) is 19.2 Å². The zero-order valence-electron chi connectivity index (χ0n) is 16.6. The Hall–Kier alpha value is -3.05. The molecule has 11 heteroatoms. The third-order valence-electron chi connectivity index (χ3n) is 4.57. The highest BCUT2D eigenvalue weighted by molar-refractivity contribution is 7.14. The van der Waals surface area contributed by atoms with Gasteiger partial charge in [-0.25, -0.2) is 4.98 Å². The van der Waals surface area contributed by atoms with E-state index in [2.05, 4.69) is 4.98 Å². The summed E-state index contributed by atoms with van der Waals surface area (Å²) in [4.78, 5) is 42.9. The fraction of sp³-hybridized carbons (Fsp3) is 0.421. The number of β-amino-alcohol motifs (C(OH)–C–C–N with tert-alkyl or cyclic N) is 1. The van der Waals surface area contributed by atoms with Crippen LogP contribution in [-0.2, 0) is 16.1 Å². The number of hydrogen-bond acceptors (Lipinski definition) is 9. The van der Waals surface area contributed by atoms with Crippen molar-refractivity contribution in [1.29, 1.82) is 0 Å². The van der Waals surface area contributed by atoms with Gasteiger partial charge in [0.25, 0.3) is 11.6 Å². The molecule has 1 N–H and O–H groups in total. The van der Waals surface area contributed by atoms with Crippen molar-refractivity contribution in [2.75, 3.05) is 24.5 Å². The van der Waals surface area contributed by atoms with Gasteiger partial charge in [-0.3, -0.25) is 19.7 Å². The Morgan fingerprint density at radius 1 is 1.37 bits per heavy atom. The van der Waals surface area contributed by atoms with Gasteiger partial charge in [-0.05, 0) is 31.5 Å². The van der Waals surface area contributed by atoms with Gasteiger partial charge in [-0.1, -0.05) is 0 Å². The molecule has 0 bridgehead atoms. The van der Waals surface area contributed by atoms with Crippen molar-refractivity contribution in [1.82, 2.24) is 9.88 Å². The van der Waals surface area contributed by atoms with Crippen LogP contribution in [0.2, 0.25) is 0 Å². The van der Waals surface area contributed by atoms with Gasteiger partial charge in [0.05, 0.1) is 11.0 Å². The number of nitro groups is 1. The Bertz CT molecular complexity index is 923. The molecule has 1 amide bonds. The monoisotopic (exact) mass is 434 g/mol. The van der Waals surface area contributed by atoms with Gasteiger partial charge < -0.3 is 19.6 Å². The summed E-state index contributed by atoms with van der Waals surface area (Å²) in [5, 5.41) is 22.4. The zero-order valence-corrected chi connectivity index (χ0v) is 17.4. The zero-order chi connectivity index (χ0) is 21.8. The van der Waals surface area contributed by atoms with Gasteiger partial charge in [-0.2, -0.15) is 0 Å². The number of ether oxygens (including phenoxy) is 1. The van der Waals surface area contributed by atoms with E-state index in [-0.39, 0.29) is 42.6 Å². The number of nitro benzene ring substituents is 1. The lowest BCUT2D eigenvalue weighted by Crippen LogP contribution is -2.50. The first-order chi connectivity index (χ1) is 14.2. The molecule has 2 aromatic rings. The van der Waals surface area contributed by atoms with Crippen molar-refractivity contribution in [2.24, 2.45) is 0 Å². The largest absolute Gasteiger partial charge is 0.459 e. The molecule has 1 aromatic heterocycles. The minimum absolute atomic E-state index is 0.0444. The molecule has 0 spiro atoms. The number of aliphatic hydroxyl groups excluding tert-OH is 1. The first kappa shape index (κ1) is 21.7. The lowest BCUT2D eigenvalue weighted by atomic mass is 10.2. The number of rotatable bonds is 8. The minimum Gasteiger partial charge on any atom is -0.459 e. The molecule has 0 unspecified atom stereocenters. The van der Waals surface area contributed by atoms with E-state index >= 15 is 0 Å². The van der Waals surface area contributed by atoms with E-state index in [0.29, 0.717) is 23.8 Å². The lowest BCUT2D eigenvalue weighted by molar-refractivity contribution is -0.384. The third-order valence-corrected chi connectivity index (χ3v) is 5.48. The summed E-state index contributed by atoms with van der Waals surface area (Å²) in [6.45, 7) is 4.28. The van der Waals surface area contributed by atoms with Crippen LogP contribution in [0, 0.1) is 10.1 Å². The van der Waals surface area contributed by atoms with Crippen molar-refractivity contribution in [3.05, 3.63) is 51.0 Å². The van der Waals surface area contributed by atoms with E-state index in [1.165, 1.54) is 40.5 Å². The van der Waals surface area contributed by atoms with Crippen LogP contribution >= 0.6 is 11.3 Å². The molecule has 1 saturated heterocycles. The van der Waals surface area contributed by atoms with Crippen LogP contribution < -0.4 is 4.90 Å². The number of thiazole rings is 1. The first-order valence-electron chi connectivity index (χ1n) is 9.33. The highest BCUT2D eigenvalue weighted by atomic mass is 32.1. The number of anilines is 1. The number of carbonyl (C=O) groups is 2. The second-order valence-corrected chi connectivity index (χ2v) is 8.02. The quantitative estimate of drug-likeness (QED) is 0.379. The molecule has 0 aliphatic carbocycles. The third kappa shape index (κ3) is 5.10. The van der Waals surface area contributed by atoms with Gasteiger partial charge in [0.2, 0.25) is 0 Å². The van der Waals surface area contributed by atoms with Gasteiger partial charge in [0.1, 0.15) is 18.8 Å². The second kappa shape index (κ2) is 9.18. The van der Waals surface area contributed by atoms with Crippen LogP contribution in [0.3, 0.4) is 0 Å². The number of benzene rings is 1. The summed E-state index contributed by atoms with van der Waals surface area (Å²) in [6, 6.07) is 5.45. The first-order valence-corrected chi connectivity index (χ1v) is 10.2. The van der Waals surface area contributed by atoms with Crippen molar-refractivity contribution >= 4 is 34.0 Å². The van der Waals surface area contributed by atoms with Gasteiger partial charge >= 0.3 is 5.97 Å². The average Bonchev–Trinajstić information content (AvgIpc) is 3.17. The number of non-ortho nitro benzene ring substituents is 1.